The summed E-state index contributed by atoms with van der Waals surface area (Å²) in [5.74, 6) is -2.36. The molecule has 2 aromatic rings. The van der Waals surface area contributed by atoms with Gasteiger partial charge < -0.3 is 4.90 Å². The van der Waals surface area contributed by atoms with Gasteiger partial charge in [0.25, 0.3) is 0 Å². The van der Waals surface area contributed by atoms with Crippen LogP contribution in [0.1, 0.15) is 23.2 Å². The van der Waals surface area contributed by atoms with Gasteiger partial charge in [0, 0.05) is 23.4 Å². The second-order valence-corrected chi connectivity index (χ2v) is 8.40. The Labute approximate surface area is 172 Å². The molecule has 3 aliphatic rings. The highest BCUT2D eigenvalue weighted by Gasteiger charge is 2.68. The van der Waals surface area contributed by atoms with Crippen LogP contribution >= 0.6 is 11.6 Å². The van der Waals surface area contributed by atoms with E-state index in [2.05, 4.69) is 0 Å². The van der Waals surface area contributed by atoms with Crippen LogP contribution in [0, 0.1) is 17.7 Å². The van der Waals surface area contributed by atoms with E-state index in [1.807, 2.05) is 0 Å². The number of imide groups is 1. The van der Waals surface area contributed by atoms with Crippen molar-refractivity contribution in [2.24, 2.45) is 11.8 Å². The fraction of sp³-hybridized carbons (Fsp3) is 0.318. The molecule has 5 atom stereocenters. The SMILES string of the molecule is O=C(c1ccc(F)cc1)[C@H]1[C@@H]2C(=O)N(c3ccc(Cl)cc3)C(=O)[C@@H]2[C@H]2CCC[NH+]21. The zero-order valence-corrected chi connectivity index (χ0v) is 16.2. The number of nitrogens with one attached hydrogen (secondary N) is 1. The van der Waals surface area contributed by atoms with Gasteiger partial charge in [-0.1, -0.05) is 11.6 Å². The molecule has 1 unspecified atom stereocenters. The molecule has 7 heteroatoms. The number of amides is 2. The summed E-state index contributed by atoms with van der Waals surface area (Å²) in [6, 6.07) is 11.3. The lowest BCUT2D eigenvalue weighted by atomic mass is 9.85. The molecule has 3 saturated heterocycles. The fourth-order valence-corrected chi connectivity index (χ4v) is 5.51. The molecule has 29 heavy (non-hydrogen) atoms. The first-order valence-electron chi connectivity index (χ1n) is 9.76. The number of rotatable bonds is 3. The smallest absolute Gasteiger partial charge is 0.244 e. The number of hydrogen-bond acceptors (Lipinski definition) is 3. The first kappa shape index (κ1) is 18.5. The number of hydrogen-bond donors (Lipinski definition) is 1. The average Bonchev–Trinajstić information content (AvgIpc) is 3.35. The van der Waals surface area contributed by atoms with Crippen LogP contribution in [0.15, 0.2) is 48.5 Å². The molecule has 0 bridgehead atoms. The molecule has 0 radical (unpaired) electrons. The molecule has 2 amide bonds. The van der Waals surface area contributed by atoms with E-state index in [4.69, 9.17) is 11.6 Å². The lowest BCUT2D eigenvalue weighted by Gasteiger charge is -2.25. The number of quaternary nitrogens is 1. The number of carbonyl (C=O) groups excluding carboxylic acids is 3. The predicted octanol–water partition coefficient (Wildman–Crippen LogP) is 1.90. The van der Waals surface area contributed by atoms with Crippen molar-refractivity contribution in [1.29, 1.82) is 0 Å². The third-order valence-electron chi connectivity index (χ3n) is 6.54. The quantitative estimate of drug-likeness (QED) is 0.617. The van der Waals surface area contributed by atoms with Crippen LogP contribution in [0.5, 0.6) is 0 Å². The number of anilines is 1. The molecular formula is C22H19ClFN2O3+. The van der Waals surface area contributed by atoms with Crippen molar-refractivity contribution in [2.45, 2.75) is 24.9 Å². The minimum atomic E-state index is -0.684. The Balaban J connectivity index is 1.54. The number of nitrogens with zero attached hydrogens (tertiary/aromatic N) is 1. The highest BCUT2D eigenvalue weighted by Crippen LogP contribution is 2.40. The van der Waals surface area contributed by atoms with E-state index in [0.29, 0.717) is 16.3 Å². The van der Waals surface area contributed by atoms with Crippen LogP contribution in [-0.4, -0.2) is 36.2 Å². The van der Waals surface area contributed by atoms with Crippen molar-refractivity contribution >= 4 is 34.9 Å². The van der Waals surface area contributed by atoms with Crippen LogP contribution in [0.2, 0.25) is 5.02 Å². The van der Waals surface area contributed by atoms with Crippen LogP contribution in [0.4, 0.5) is 10.1 Å². The van der Waals surface area contributed by atoms with Crippen LogP contribution in [0.25, 0.3) is 0 Å². The van der Waals surface area contributed by atoms with Gasteiger partial charge in [-0.3, -0.25) is 14.4 Å². The number of fused-ring (bicyclic) bond motifs is 3. The van der Waals surface area contributed by atoms with E-state index in [0.717, 1.165) is 24.3 Å². The van der Waals surface area contributed by atoms with Gasteiger partial charge in [0.05, 0.1) is 12.2 Å². The average molecular weight is 414 g/mol. The fourth-order valence-electron chi connectivity index (χ4n) is 5.38. The second-order valence-electron chi connectivity index (χ2n) is 7.96. The van der Waals surface area contributed by atoms with Gasteiger partial charge in [0.15, 0.2) is 6.04 Å². The zero-order chi connectivity index (χ0) is 20.3. The molecule has 0 saturated carbocycles. The number of carbonyl (C=O) groups is 3. The Morgan fingerprint density at radius 2 is 1.66 bits per heavy atom. The molecular weight excluding hydrogens is 395 g/mol. The minimum Gasteiger partial charge on any atom is -0.322 e. The van der Waals surface area contributed by atoms with Gasteiger partial charge in [-0.05, 0) is 48.5 Å². The molecule has 5 rings (SSSR count). The van der Waals surface area contributed by atoms with Crippen LogP contribution < -0.4 is 9.80 Å². The van der Waals surface area contributed by atoms with E-state index in [-0.39, 0.29) is 23.6 Å². The van der Waals surface area contributed by atoms with Crippen LogP contribution in [0.3, 0.4) is 0 Å². The van der Waals surface area contributed by atoms with Crippen molar-refractivity contribution in [2.75, 3.05) is 11.4 Å². The lowest BCUT2D eigenvalue weighted by molar-refractivity contribution is -0.915. The summed E-state index contributed by atoms with van der Waals surface area (Å²) in [6.45, 7) is 0.761. The summed E-state index contributed by atoms with van der Waals surface area (Å²) in [7, 11) is 0. The molecule has 3 heterocycles. The number of ketones is 1. The van der Waals surface area contributed by atoms with Gasteiger partial charge in [0.2, 0.25) is 17.6 Å². The standard InChI is InChI=1S/C22H18ClFN2O3/c23-13-5-9-15(10-6-13)26-21(28)17-16-2-1-11-25(16)19(18(17)22(26)29)20(27)12-3-7-14(24)8-4-12/h3-10,16-19H,1-2,11H2/p+1/t16-,17-,18-,19-/m1/s1. The van der Waals surface area contributed by atoms with Gasteiger partial charge in [-0.25, -0.2) is 9.29 Å². The summed E-state index contributed by atoms with van der Waals surface area (Å²) < 4.78 is 13.3. The van der Waals surface area contributed by atoms with E-state index >= 15 is 0 Å². The minimum absolute atomic E-state index is 0.0388. The van der Waals surface area contributed by atoms with E-state index in [1.165, 1.54) is 29.2 Å². The monoisotopic (exact) mass is 413 g/mol. The second kappa shape index (κ2) is 6.75. The van der Waals surface area contributed by atoms with Crippen molar-refractivity contribution < 1.29 is 23.7 Å². The van der Waals surface area contributed by atoms with Crippen molar-refractivity contribution in [3.05, 3.63) is 64.9 Å². The van der Waals surface area contributed by atoms with Gasteiger partial charge in [-0.2, -0.15) is 0 Å². The Morgan fingerprint density at radius 3 is 2.34 bits per heavy atom. The molecule has 3 fully saturated rings. The molecule has 0 aromatic heterocycles. The van der Waals surface area contributed by atoms with E-state index < -0.39 is 23.7 Å². The third-order valence-corrected chi connectivity index (χ3v) is 6.79. The maximum Gasteiger partial charge on any atom is 0.244 e. The number of benzene rings is 2. The predicted molar refractivity (Wildman–Crippen MR) is 104 cm³/mol. The topological polar surface area (TPSA) is 58.9 Å². The van der Waals surface area contributed by atoms with Gasteiger partial charge in [0.1, 0.15) is 23.7 Å². The van der Waals surface area contributed by atoms with E-state index in [9.17, 15) is 18.8 Å². The molecule has 0 spiro atoms. The lowest BCUT2D eigenvalue weighted by Crippen LogP contribution is -3.16. The first-order chi connectivity index (χ1) is 14.0. The number of Topliss-reactive ketones (excluding diaryl/α,β-unsaturated/α-hetero) is 1. The molecule has 0 aliphatic carbocycles. The maximum absolute atomic E-state index is 13.4. The zero-order valence-electron chi connectivity index (χ0n) is 15.5. The highest BCUT2D eigenvalue weighted by molar-refractivity contribution is 6.31. The molecule has 1 N–H and O–H groups in total. The molecule has 2 aromatic carbocycles. The first-order valence-corrected chi connectivity index (χ1v) is 10.1. The Morgan fingerprint density at radius 1 is 1.00 bits per heavy atom. The van der Waals surface area contributed by atoms with Crippen molar-refractivity contribution in [3.63, 3.8) is 0 Å². The number of halogens is 2. The molecule has 148 valence electrons. The van der Waals surface area contributed by atoms with Gasteiger partial charge >= 0.3 is 0 Å². The Kier molecular flexibility index (Phi) is 4.29. The summed E-state index contributed by atoms with van der Waals surface area (Å²) in [4.78, 5) is 42.2. The summed E-state index contributed by atoms with van der Waals surface area (Å²) in [5, 5.41) is 0.517. The van der Waals surface area contributed by atoms with E-state index in [1.54, 1.807) is 24.3 Å². The summed E-state index contributed by atoms with van der Waals surface area (Å²) in [5.41, 5.74) is 0.853. The third kappa shape index (κ3) is 2.74. The summed E-state index contributed by atoms with van der Waals surface area (Å²) in [6.07, 6.45) is 1.73. The highest BCUT2D eigenvalue weighted by atomic mass is 35.5. The largest absolute Gasteiger partial charge is 0.322 e. The summed E-state index contributed by atoms with van der Waals surface area (Å²) >= 11 is 5.94. The Bertz CT molecular complexity index is 1010. The van der Waals surface area contributed by atoms with Crippen LogP contribution in [-0.2, 0) is 9.59 Å². The maximum atomic E-state index is 13.4. The van der Waals surface area contributed by atoms with Crippen molar-refractivity contribution in [3.8, 4) is 0 Å². The van der Waals surface area contributed by atoms with Crippen molar-refractivity contribution in [1.82, 2.24) is 0 Å². The van der Waals surface area contributed by atoms with Gasteiger partial charge in [-0.15, -0.1) is 0 Å². The molecule has 5 nitrogen and oxygen atoms in total. The molecule has 3 aliphatic heterocycles. The normalized spacial score (nSPS) is 30.6. The Hall–Kier alpha value is -2.57.